The van der Waals surface area contributed by atoms with Crippen LogP contribution in [0.2, 0.25) is 0 Å². The molecular formula is C15H15FN2O3. The summed E-state index contributed by atoms with van der Waals surface area (Å²) in [5, 5.41) is 12.0. The van der Waals surface area contributed by atoms with Crippen LogP contribution >= 0.6 is 0 Å². The van der Waals surface area contributed by atoms with Gasteiger partial charge in [0, 0.05) is 14.0 Å². The molecule has 1 heterocycles. The number of aromatic carboxylic acids is 1. The van der Waals surface area contributed by atoms with E-state index in [2.05, 4.69) is 5.32 Å². The molecule has 0 aliphatic rings. The van der Waals surface area contributed by atoms with E-state index >= 15 is 0 Å². The first kappa shape index (κ1) is 14.8. The van der Waals surface area contributed by atoms with Crippen LogP contribution in [0.1, 0.15) is 33.3 Å². The summed E-state index contributed by atoms with van der Waals surface area (Å²) in [5.41, 5.74) is 1.07. The molecule has 5 nitrogen and oxygen atoms in total. The molecule has 0 aliphatic heterocycles. The number of carboxylic acids is 1. The van der Waals surface area contributed by atoms with Crippen LogP contribution in [-0.2, 0) is 7.05 Å². The molecule has 21 heavy (non-hydrogen) atoms. The number of hydrogen-bond acceptors (Lipinski definition) is 3. The van der Waals surface area contributed by atoms with E-state index in [1.165, 1.54) is 29.7 Å². The quantitative estimate of drug-likeness (QED) is 0.849. The highest BCUT2D eigenvalue weighted by atomic mass is 19.1. The fourth-order valence-electron chi connectivity index (χ4n) is 2.10. The van der Waals surface area contributed by atoms with Gasteiger partial charge in [0.25, 0.3) is 0 Å². The molecule has 0 aliphatic carbocycles. The number of rotatable bonds is 4. The van der Waals surface area contributed by atoms with E-state index in [-0.39, 0.29) is 28.5 Å². The molecule has 0 fully saturated rings. The number of nitrogens with zero attached hydrogens (tertiary/aromatic N) is 1. The van der Waals surface area contributed by atoms with Crippen molar-refractivity contribution in [3.05, 3.63) is 46.9 Å². The summed E-state index contributed by atoms with van der Waals surface area (Å²) in [6.45, 7) is 3.10. The summed E-state index contributed by atoms with van der Waals surface area (Å²) in [5.74, 6) is -1.78. The molecule has 0 amide bonds. The average molecular weight is 290 g/mol. The van der Waals surface area contributed by atoms with Gasteiger partial charge in [-0.25, -0.2) is 9.18 Å². The minimum absolute atomic E-state index is 0.0809. The third-order valence-electron chi connectivity index (χ3n) is 3.20. The normalized spacial score (nSPS) is 10.5. The van der Waals surface area contributed by atoms with Gasteiger partial charge in [-0.3, -0.25) is 4.79 Å². The van der Waals surface area contributed by atoms with Crippen molar-refractivity contribution in [3.63, 3.8) is 0 Å². The molecule has 110 valence electrons. The number of aromatic nitrogens is 1. The molecule has 0 saturated heterocycles. The molecule has 2 rings (SSSR count). The number of aryl methyl sites for hydroxylation is 1. The van der Waals surface area contributed by atoms with Crippen LogP contribution in [0.3, 0.4) is 0 Å². The van der Waals surface area contributed by atoms with Crippen LogP contribution in [0.4, 0.5) is 15.9 Å². The Bertz CT molecular complexity index is 735. The fourth-order valence-corrected chi connectivity index (χ4v) is 2.10. The molecule has 2 N–H and O–H groups in total. The summed E-state index contributed by atoms with van der Waals surface area (Å²) in [4.78, 5) is 22.8. The van der Waals surface area contributed by atoms with Crippen molar-refractivity contribution in [2.75, 3.05) is 5.32 Å². The number of hydrogen-bond donors (Lipinski definition) is 2. The van der Waals surface area contributed by atoms with Crippen LogP contribution in [0, 0.1) is 12.7 Å². The molecule has 0 unspecified atom stereocenters. The lowest BCUT2D eigenvalue weighted by Gasteiger charge is -2.11. The van der Waals surface area contributed by atoms with Gasteiger partial charge in [0.2, 0.25) is 0 Å². The summed E-state index contributed by atoms with van der Waals surface area (Å²) < 4.78 is 15.3. The molecule has 0 spiro atoms. The Balaban J connectivity index is 2.52. The second kappa shape index (κ2) is 5.40. The monoisotopic (exact) mass is 290 g/mol. The lowest BCUT2D eigenvalue weighted by atomic mass is 10.2. The van der Waals surface area contributed by atoms with Crippen molar-refractivity contribution in [2.45, 2.75) is 13.8 Å². The number of carboxylic acid groups (broad SMARTS) is 1. The second-order valence-corrected chi connectivity index (χ2v) is 4.82. The van der Waals surface area contributed by atoms with Crippen molar-refractivity contribution in [2.24, 2.45) is 7.05 Å². The van der Waals surface area contributed by atoms with Crippen molar-refractivity contribution >= 4 is 23.3 Å². The summed E-state index contributed by atoms with van der Waals surface area (Å²) in [6.07, 6.45) is 0. The predicted octanol–water partition coefficient (Wildman–Crippen LogP) is 3.12. The highest BCUT2D eigenvalue weighted by Gasteiger charge is 2.21. The first-order chi connectivity index (χ1) is 9.81. The third kappa shape index (κ3) is 2.79. The zero-order chi connectivity index (χ0) is 15.7. The molecule has 0 radical (unpaired) electrons. The van der Waals surface area contributed by atoms with Crippen LogP contribution in [-0.4, -0.2) is 21.4 Å². The highest BCUT2D eigenvalue weighted by molar-refractivity contribution is 6.01. The van der Waals surface area contributed by atoms with E-state index in [0.717, 1.165) is 5.56 Å². The number of anilines is 2. The second-order valence-electron chi connectivity index (χ2n) is 4.82. The average Bonchev–Trinajstić information content (AvgIpc) is 2.70. The third-order valence-corrected chi connectivity index (χ3v) is 3.20. The minimum Gasteiger partial charge on any atom is -0.478 e. The van der Waals surface area contributed by atoms with Crippen molar-refractivity contribution in [1.29, 1.82) is 0 Å². The van der Waals surface area contributed by atoms with Gasteiger partial charge in [-0.1, -0.05) is 6.07 Å². The summed E-state index contributed by atoms with van der Waals surface area (Å²) >= 11 is 0. The van der Waals surface area contributed by atoms with Gasteiger partial charge >= 0.3 is 5.97 Å². The topological polar surface area (TPSA) is 71.3 Å². The van der Waals surface area contributed by atoms with Crippen LogP contribution < -0.4 is 5.32 Å². The van der Waals surface area contributed by atoms with Gasteiger partial charge in [0.05, 0.1) is 11.4 Å². The Morgan fingerprint density at radius 1 is 1.29 bits per heavy atom. The summed E-state index contributed by atoms with van der Waals surface area (Å²) in [7, 11) is 1.55. The van der Waals surface area contributed by atoms with Gasteiger partial charge in [0.1, 0.15) is 17.2 Å². The largest absolute Gasteiger partial charge is 0.478 e. The maximum atomic E-state index is 13.9. The van der Waals surface area contributed by atoms with Gasteiger partial charge < -0.3 is 15.0 Å². The zero-order valence-electron chi connectivity index (χ0n) is 11.9. The SMILES string of the molecule is CC(=O)c1cc(C(=O)O)c(Nc2ccc(C)cc2F)n1C. The maximum Gasteiger partial charge on any atom is 0.339 e. The predicted molar refractivity (Wildman–Crippen MR) is 76.8 cm³/mol. The molecule has 0 saturated carbocycles. The standard InChI is InChI=1S/C15H15FN2O3/c1-8-4-5-12(11(16)6-8)17-14-10(15(20)21)7-13(9(2)19)18(14)3/h4-7,17H,1-3H3,(H,20,21). The minimum atomic E-state index is -1.19. The number of carbonyl (C=O) groups excluding carboxylic acids is 1. The lowest BCUT2D eigenvalue weighted by Crippen LogP contribution is -2.07. The van der Waals surface area contributed by atoms with Gasteiger partial charge in [-0.15, -0.1) is 0 Å². The van der Waals surface area contributed by atoms with E-state index < -0.39 is 11.8 Å². The molecule has 6 heteroatoms. The Morgan fingerprint density at radius 2 is 1.95 bits per heavy atom. The lowest BCUT2D eigenvalue weighted by molar-refractivity contribution is 0.0698. The van der Waals surface area contributed by atoms with Crippen LogP contribution in [0.25, 0.3) is 0 Å². The van der Waals surface area contributed by atoms with E-state index in [9.17, 15) is 19.1 Å². The van der Waals surface area contributed by atoms with E-state index in [4.69, 9.17) is 0 Å². The van der Waals surface area contributed by atoms with Gasteiger partial charge in [-0.2, -0.15) is 0 Å². The first-order valence-corrected chi connectivity index (χ1v) is 6.28. The van der Waals surface area contributed by atoms with Crippen molar-refractivity contribution < 1.29 is 19.1 Å². The molecular weight excluding hydrogens is 275 g/mol. The molecule has 1 aromatic heterocycles. The van der Waals surface area contributed by atoms with E-state index in [1.807, 2.05) is 0 Å². The Kier molecular flexibility index (Phi) is 3.80. The number of carbonyl (C=O) groups is 2. The van der Waals surface area contributed by atoms with Crippen molar-refractivity contribution in [3.8, 4) is 0 Å². The maximum absolute atomic E-state index is 13.9. The van der Waals surface area contributed by atoms with E-state index in [0.29, 0.717) is 0 Å². The molecule has 1 aromatic carbocycles. The van der Waals surface area contributed by atoms with Gasteiger partial charge in [0.15, 0.2) is 5.78 Å². The molecule has 2 aromatic rings. The van der Waals surface area contributed by atoms with Crippen LogP contribution in [0.5, 0.6) is 0 Å². The number of nitrogens with one attached hydrogen (secondary N) is 1. The number of benzene rings is 1. The number of halogens is 1. The van der Waals surface area contributed by atoms with Crippen molar-refractivity contribution in [1.82, 2.24) is 4.57 Å². The number of Topliss-reactive ketones (excluding diaryl/α,β-unsaturated/α-hetero) is 1. The zero-order valence-corrected chi connectivity index (χ0v) is 11.9. The first-order valence-electron chi connectivity index (χ1n) is 6.28. The Labute approximate surface area is 121 Å². The Hall–Kier alpha value is -2.63. The summed E-state index contributed by atoms with van der Waals surface area (Å²) in [6, 6.07) is 5.86. The van der Waals surface area contributed by atoms with E-state index in [1.54, 1.807) is 20.0 Å². The van der Waals surface area contributed by atoms with Gasteiger partial charge in [-0.05, 0) is 30.7 Å². The highest BCUT2D eigenvalue weighted by Crippen LogP contribution is 2.26. The molecule has 0 bridgehead atoms. The smallest absolute Gasteiger partial charge is 0.339 e. The van der Waals surface area contributed by atoms with Crippen LogP contribution in [0.15, 0.2) is 24.3 Å². The number of ketones is 1. The molecule has 0 atom stereocenters. The Morgan fingerprint density at radius 3 is 2.48 bits per heavy atom. The fraction of sp³-hybridized carbons (Fsp3) is 0.200.